The molecule has 16 heteroatoms. The van der Waals surface area contributed by atoms with Crippen molar-refractivity contribution in [1.29, 1.82) is 0 Å². The predicted octanol–water partition coefficient (Wildman–Crippen LogP) is 1.81. The number of halogens is 3. The van der Waals surface area contributed by atoms with Crippen molar-refractivity contribution in [3.05, 3.63) is 69.5 Å². The lowest BCUT2D eigenvalue weighted by Crippen LogP contribution is -2.65. The standard InChI is InChI=1S/C31H32F3N5O8/c1-38(2)18-11-17(36-37-29(46)12-5-7-14(8-6-12)31(32,33)34)23(40)20-15(18)9-13-10-16-22(39(3)4)25(42)21(28(35)45)27(44)30(16,47)26(43)19(13)24(20)41/h5-8,11,13,16,22,36,40-41,44,47H,9-10H2,1-4H3,(H2,35,45)(H,37,46)/t13?,16?,22-,30-/m0/s1. The molecule has 47 heavy (non-hydrogen) atoms. The van der Waals surface area contributed by atoms with Gasteiger partial charge < -0.3 is 31.1 Å². The molecule has 0 heterocycles. The number of anilines is 2. The highest BCUT2D eigenvalue weighted by Crippen LogP contribution is 2.54. The lowest BCUT2D eigenvalue weighted by atomic mass is 9.57. The van der Waals surface area contributed by atoms with E-state index in [2.05, 4.69) is 10.9 Å². The second-order valence-corrected chi connectivity index (χ2v) is 12.2. The van der Waals surface area contributed by atoms with Gasteiger partial charge in [0.25, 0.3) is 11.8 Å². The molecule has 1 fully saturated rings. The van der Waals surface area contributed by atoms with E-state index in [1.807, 2.05) is 0 Å². The third-order valence-corrected chi connectivity index (χ3v) is 8.96. The first kappa shape index (κ1) is 33.3. The summed E-state index contributed by atoms with van der Waals surface area (Å²) in [5, 5.41) is 45.7. The van der Waals surface area contributed by atoms with E-state index in [9.17, 15) is 52.8 Å². The highest BCUT2D eigenvalue weighted by molar-refractivity contribution is 6.24. The zero-order chi connectivity index (χ0) is 34.9. The number of fused-ring (bicyclic) bond motifs is 3. The number of nitrogens with one attached hydrogen (secondary N) is 2. The minimum atomic E-state index is -4.60. The van der Waals surface area contributed by atoms with Crippen molar-refractivity contribution < 1.29 is 52.8 Å². The Balaban J connectivity index is 1.57. The van der Waals surface area contributed by atoms with Gasteiger partial charge in [-0.25, -0.2) is 0 Å². The molecule has 2 aromatic carbocycles. The fourth-order valence-corrected chi connectivity index (χ4v) is 6.79. The Labute approximate surface area is 265 Å². The number of rotatable bonds is 6. The number of hydrogen-bond acceptors (Lipinski definition) is 11. The summed E-state index contributed by atoms with van der Waals surface area (Å²) >= 11 is 0. The number of nitrogens with two attached hydrogens (primary N) is 1. The molecule has 8 N–H and O–H groups in total. The quantitative estimate of drug-likeness (QED) is 0.135. The molecule has 0 saturated heterocycles. The minimum Gasteiger partial charge on any atom is -0.508 e. The highest BCUT2D eigenvalue weighted by Gasteiger charge is 2.64. The Bertz CT molecular complexity index is 1780. The fourth-order valence-electron chi connectivity index (χ4n) is 6.79. The number of likely N-dealkylation sites (N-methyl/N-ethyl adjacent to an activating group) is 1. The number of alkyl halides is 3. The molecule has 0 radical (unpaired) electrons. The van der Waals surface area contributed by atoms with E-state index in [0.717, 1.165) is 24.3 Å². The maximum Gasteiger partial charge on any atom is 0.416 e. The van der Waals surface area contributed by atoms with Gasteiger partial charge >= 0.3 is 6.18 Å². The van der Waals surface area contributed by atoms with E-state index in [-0.39, 0.29) is 35.2 Å². The molecule has 0 spiro atoms. The number of carbonyl (C=O) groups excluding carboxylic acids is 4. The van der Waals surface area contributed by atoms with Crippen molar-refractivity contribution in [2.75, 3.05) is 38.5 Å². The summed E-state index contributed by atoms with van der Waals surface area (Å²) in [5.41, 5.74) is 5.38. The first-order chi connectivity index (χ1) is 21.8. The zero-order valence-corrected chi connectivity index (χ0v) is 25.6. The first-order valence-corrected chi connectivity index (χ1v) is 14.3. The number of Topliss-reactive ketones (excluding diaryl/α,β-unsaturated/α-hetero) is 2. The van der Waals surface area contributed by atoms with Crippen LogP contribution in [0.2, 0.25) is 0 Å². The predicted molar refractivity (Wildman–Crippen MR) is 161 cm³/mol. The zero-order valence-electron chi connectivity index (χ0n) is 25.6. The summed E-state index contributed by atoms with van der Waals surface area (Å²) in [6.45, 7) is 0. The number of hydrogen-bond donors (Lipinski definition) is 7. The molecule has 2 aromatic rings. The summed E-state index contributed by atoms with van der Waals surface area (Å²) in [6, 6.07) is 3.62. The molecule has 3 aliphatic carbocycles. The number of hydrazine groups is 1. The van der Waals surface area contributed by atoms with Crippen molar-refractivity contribution in [2.24, 2.45) is 17.6 Å². The Morgan fingerprint density at radius 3 is 2.19 bits per heavy atom. The van der Waals surface area contributed by atoms with E-state index < -0.39 is 81.4 Å². The molecule has 13 nitrogen and oxygen atoms in total. The van der Waals surface area contributed by atoms with Crippen LogP contribution in [-0.4, -0.2) is 88.5 Å². The number of phenols is 1. The number of carbonyl (C=O) groups is 4. The maximum atomic E-state index is 14.1. The van der Waals surface area contributed by atoms with Crippen LogP contribution in [0.1, 0.15) is 33.5 Å². The molecular formula is C31H32F3N5O8. The SMILES string of the molecule is CN(C)c1cc(NNC(=O)c2ccc(C(F)(F)F)cc2)c(O)c2c1CC1CC3[C@H](N(C)C)C(=O)C(C(N)=O)=C(O)[C@@]3(O)C(=O)C1=C2O. The van der Waals surface area contributed by atoms with Gasteiger partial charge in [0.2, 0.25) is 5.78 Å². The van der Waals surface area contributed by atoms with Crippen molar-refractivity contribution in [2.45, 2.75) is 30.7 Å². The molecule has 3 aliphatic rings. The number of ketones is 2. The summed E-state index contributed by atoms with van der Waals surface area (Å²) < 4.78 is 38.8. The molecule has 250 valence electrons. The van der Waals surface area contributed by atoms with E-state index in [1.54, 1.807) is 19.0 Å². The van der Waals surface area contributed by atoms with Crippen LogP contribution in [0.25, 0.3) is 5.76 Å². The van der Waals surface area contributed by atoms with Gasteiger partial charge in [0, 0.05) is 36.8 Å². The lowest BCUT2D eigenvalue weighted by molar-refractivity contribution is -0.153. The first-order valence-electron chi connectivity index (χ1n) is 14.3. The second kappa shape index (κ2) is 11.3. The number of phenolic OH excluding ortho intramolecular Hbond substituents is 1. The third kappa shape index (κ3) is 5.13. The normalized spacial score (nSPS) is 24.1. The molecule has 0 bridgehead atoms. The topological polar surface area (TPSA) is 206 Å². The third-order valence-electron chi connectivity index (χ3n) is 8.96. The lowest BCUT2D eigenvalue weighted by Gasteiger charge is -2.50. The number of nitrogens with zero attached hydrogens (tertiary/aromatic N) is 2. The number of benzene rings is 2. The van der Waals surface area contributed by atoms with Crippen molar-refractivity contribution >= 4 is 40.5 Å². The van der Waals surface area contributed by atoms with Crippen LogP contribution in [-0.2, 0) is 27.0 Å². The van der Waals surface area contributed by atoms with Gasteiger partial charge in [0.15, 0.2) is 17.1 Å². The van der Waals surface area contributed by atoms with E-state index in [0.29, 0.717) is 11.3 Å². The second-order valence-electron chi connectivity index (χ2n) is 12.2. The number of amides is 2. The fraction of sp³-hybridized carbons (Fsp3) is 0.355. The Hall–Kier alpha value is -5.09. The molecule has 2 amide bonds. The van der Waals surface area contributed by atoms with Gasteiger partial charge in [-0.2, -0.15) is 13.2 Å². The van der Waals surface area contributed by atoms with Gasteiger partial charge in [-0.05, 0) is 68.8 Å². The van der Waals surface area contributed by atoms with Gasteiger partial charge in [0.05, 0.1) is 22.9 Å². The average Bonchev–Trinajstić information content (AvgIpc) is 2.97. The minimum absolute atomic E-state index is 0.0355. The van der Waals surface area contributed by atoms with Crippen LogP contribution in [0, 0.1) is 11.8 Å². The van der Waals surface area contributed by atoms with Gasteiger partial charge in [-0.1, -0.05) is 0 Å². The number of primary amides is 1. The Morgan fingerprint density at radius 1 is 1.04 bits per heavy atom. The van der Waals surface area contributed by atoms with Crippen LogP contribution in [0.4, 0.5) is 24.5 Å². The van der Waals surface area contributed by atoms with E-state index in [1.165, 1.54) is 25.1 Å². The van der Waals surface area contributed by atoms with Gasteiger partial charge in [-0.15, -0.1) is 0 Å². The molecular weight excluding hydrogens is 627 g/mol. The molecule has 2 unspecified atom stereocenters. The molecule has 0 aromatic heterocycles. The molecule has 0 aliphatic heterocycles. The summed E-state index contributed by atoms with van der Waals surface area (Å²) in [4.78, 5) is 55.3. The average molecular weight is 660 g/mol. The molecule has 1 saturated carbocycles. The van der Waals surface area contributed by atoms with Gasteiger partial charge in [0.1, 0.15) is 17.1 Å². The maximum absolute atomic E-state index is 14.1. The highest BCUT2D eigenvalue weighted by atomic mass is 19.4. The van der Waals surface area contributed by atoms with Crippen LogP contribution < -0.4 is 21.5 Å². The van der Waals surface area contributed by atoms with Crippen molar-refractivity contribution in [1.82, 2.24) is 10.3 Å². The molecule has 5 rings (SSSR count). The van der Waals surface area contributed by atoms with Crippen LogP contribution in [0.3, 0.4) is 0 Å². The van der Waals surface area contributed by atoms with E-state index in [4.69, 9.17) is 5.73 Å². The Kier molecular flexibility index (Phi) is 8.01. The molecule has 4 atom stereocenters. The van der Waals surface area contributed by atoms with Crippen molar-refractivity contribution in [3.63, 3.8) is 0 Å². The summed E-state index contributed by atoms with van der Waals surface area (Å²) in [5.74, 6) is -8.85. The number of aromatic hydroxyl groups is 1. The summed E-state index contributed by atoms with van der Waals surface area (Å²) in [7, 11) is 6.32. The van der Waals surface area contributed by atoms with Crippen LogP contribution in [0.5, 0.6) is 5.75 Å². The number of aliphatic hydroxyl groups is 3. The monoisotopic (exact) mass is 659 g/mol. The van der Waals surface area contributed by atoms with Crippen molar-refractivity contribution in [3.8, 4) is 5.75 Å². The summed E-state index contributed by atoms with van der Waals surface area (Å²) in [6.07, 6.45) is -4.66. The van der Waals surface area contributed by atoms with Gasteiger partial charge in [-0.3, -0.25) is 34.9 Å². The number of aliphatic hydroxyl groups excluding tert-OH is 2. The largest absolute Gasteiger partial charge is 0.508 e. The van der Waals surface area contributed by atoms with Crippen LogP contribution >= 0.6 is 0 Å². The van der Waals surface area contributed by atoms with E-state index >= 15 is 0 Å². The smallest absolute Gasteiger partial charge is 0.416 e. The van der Waals surface area contributed by atoms with Crippen LogP contribution in [0.15, 0.2) is 47.2 Å². The Morgan fingerprint density at radius 2 is 1.66 bits per heavy atom.